The number of hydrogen-bond acceptors (Lipinski definition) is 2. The predicted octanol–water partition coefficient (Wildman–Crippen LogP) is 2.88. The zero-order chi connectivity index (χ0) is 12.4. The van der Waals surface area contributed by atoms with Gasteiger partial charge in [-0.2, -0.15) is 0 Å². The summed E-state index contributed by atoms with van der Waals surface area (Å²) in [7, 11) is 0. The van der Waals surface area contributed by atoms with Crippen molar-refractivity contribution >= 4 is 5.82 Å². The summed E-state index contributed by atoms with van der Waals surface area (Å²) in [6.07, 6.45) is 10.4. The fourth-order valence-electron chi connectivity index (χ4n) is 2.70. The summed E-state index contributed by atoms with van der Waals surface area (Å²) >= 11 is 0. The van der Waals surface area contributed by atoms with E-state index in [9.17, 15) is 0 Å². The molecule has 0 spiro atoms. The first kappa shape index (κ1) is 12.0. The Hall–Kier alpha value is -1.43. The highest BCUT2D eigenvalue weighted by Crippen LogP contribution is 2.37. The van der Waals surface area contributed by atoms with Crippen molar-refractivity contribution in [3.63, 3.8) is 0 Å². The smallest absolute Gasteiger partial charge is 0.127 e. The molecule has 1 aliphatic rings. The SMILES string of the molecule is C#CCn1c(C(C)C)nc(C2CCCC2)c1N. The highest BCUT2D eigenvalue weighted by Gasteiger charge is 2.25. The highest BCUT2D eigenvalue weighted by molar-refractivity contribution is 5.42. The first-order valence-electron chi connectivity index (χ1n) is 6.44. The van der Waals surface area contributed by atoms with E-state index in [2.05, 4.69) is 19.8 Å². The molecule has 1 heterocycles. The average Bonchev–Trinajstić information content (AvgIpc) is 2.88. The lowest BCUT2D eigenvalue weighted by molar-refractivity contribution is 0.680. The van der Waals surface area contributed by atoms with E-state index in [1.54, 1.807) is 0 Å². The molecule has 2 rings (SSSR count). The van der Waals surface area contributed by atoms with Gasteiger partial charge in [-0.05, 0) is 12.8 Å². The Morgan fingerprint density at radius 3 is 2.65 bits per heavy atom. The lowest BCUT2D eigenvalue weighted by Crippen LogP contribution is -2.08. The summed E-state index contributed by atoms with van der Waals surface area (Å²) in [6.45, 7) is 4.79. The fourth-order valence-corrected chi connectivity index (χ4v) is 2.70. The zero-order valence-corrected chi connectivity index (χ0v) is 10.7. The molecule has 0 atom stereocenters. The number of rotatable bonds is 3. The topological polar surface area (TPSA) is 43.8 Å². The summed E-state index contributed by atoms with van der Waals surface area (Å²) in [4.78, 5) is 4.75. The lowest BCUT2D eigenvalue weighted by atomic mass is 10.0. The molecule has 0 unspecified atom stereocenters. The van der Waals surface area contributed by atoms with Crippen LogP contribution in [-0.2, 0) is 6.54 Å². The Labute approximate surface area is 103 Å². The summed E-state index contributed by atoms with van der Waals surface area (Å²) in [6, 6.07) is 0. The number of aromatic nitrogens is 2. The van der Waals surface area contributed by atoms with Crippen LogP contribution in [0.25, 0.3) is 0 Å². The van der Waals surface area contributed by atoms with Crippen molar-refractivity contribution in [3.05, 3.63) is 11.5 Å². The van der Waals surface area contributed by atoms with E-state index in [4.69, 9.17) is 17.1 Å². The largest absolute Gasteiger partial charge is 0.384 e. The van der Waals surface area contributed by atoms with E-state index in [1.807, 2.05) is 4.57 Å². The van der Waals surface area contributed by atoms with Crippen LogP contribution in [0, 0.1) is 12.3 Å². The van der Waals surface area contributed by atoms with Gasteiger partial charge in [0.2, 0.25) is 0 Å². The third-order valence-corrected chi connectivity index (χ3v) is 3.57. The number of imidazole rings is 1. The number of terminal acetylenes is 1. The maximum atomic E-state index is 6.21. The second-order valence-electron chi connectivity index (χ2n) is 5.17. The molecule has 92 valence electrons. The molecule has 1 fully saturated rings. The van der Waals surface area contributed by atoms with Crippen molar-refractivity contribution in [1.29, 1.82) is 0 Å². The third-order valence-electron chi connectivity index (χ3n) is 3.57. The molecule has 0 saturated heterocycles. The van der Waals surface area contributed by atoms with Crippen LogP contribution in [0.15, 0.2) is 0 Å². The Balaban J connectivity index is 2.40. The van der Waals surface area contributed by atoms with Gasteiger partial charge in [0.25, 0.3) is 0 Å². The molecular formula is C14H21N3. The Bertz CT molecular complexity index is 431. The first-order chi connectivity index (χ1) is 8.15. The first-order valence-corrected chi connectivity index (χ1v) is 6.44. The van der Waals surface area contributed by atoms with Crippen molar-refractivity contribution in [3.8, 4) is 12.3 Å². The minimum absolute atomic E-state index is 0.362. The van der Waals surface area contributed by atoms with Gasteiger partial charge < -0.3 is 10.3 Å². The summed E-state index contributed by atoms with van der Waals surface area (Å²) in [5, 5.41) is 0. The molecule has 1 aliphatic carbocycles. The zero-order valence-electron chi connectivity index (χ0n) is 10.7. The maximum absolute atomic E-state index is 6.21. The van der Waals surface area contributed by atoms with Crippen molar-refractivity contribution < 1.29 is 0 Å². The highest BCUT2D eigenvalue weighted by atomic mass is 15.1. The molecule has 2 N–H and O–H groups in total. The van der Waals surface area contributed by atoms with Gasteiger partial charge in [0.05, 0.1) is 12.2 Å². The number of hydrogen-bond donors (Lipinski definition) is 1. The molecule has 0 aromatic carbocycles. The van der Waals surface area contributed by atoms with Crippen LogP contribution in [-0.4, -0.2) is 9.55 Å². The van der Waals surface area contributed by atoms with Gasteiger partial charge >= 0.3 is 0 Å². The molecule has 17 heavy (non-hydrogen) atoms. The fraction of sp³-hybridized carbons (Fsp3) is 0.643. The van der Waals surface area contributed by atoms with Gasteiger partial charge in [0.15, 0.2) is 0 Å². The molecule has 0 amide bonds. The van der Waals surface area contributed by atoms with Gasteiger partial charge in [-0.1, -0.05) is 32.6 Å². The molecular weight excluding hydrogens is 210 g/mol. The number of nitrogens with two attached hydrogens (primary N) is 1. The third kappa shape index (κ3) is 2.17. The molecule has 1 saturated carbocycles. The van der Waals surface area contributed by atoms with E-state index >= 15 is 0 Å². The van der Waals surface area contributed by atoms with Crippen molar-refractivity contribution in [2.45, 2.75) is 57.9 Å². The molecule has 0 bridgehead atoms. The Morgan fingerprint density at radius 2 is 2.12 bits per heavy atom. The Kier molecular flexibility index (Phi) is 3.42. The van der Waals surface area contributed by atoms with Crippen molar-refractivity contribution in [2.24, 2.45) is 0 Å². The number of anilines is 1. The van der Waals surface area contributed by atoms with Crippen LogP contribution in [0.5, 0.6) is 0 Å². The average molecular weight is 231 g/mol. The van der Waals surface area contributed by atoms with Gasteiger partial charge in [0, 0.05) is 11.8 Å². The van der Waals surface area contributed by atoms with Gasteiger partial charge in [0.1, 0.15) is 11.6 Å². The Morgan fingerprint density at radius 1 is 1.47 bits per heavy atom. The van der Waals surface area contributed by atoms with Crippen molar-refractivity contribution in [1.82, 2.24) is 9.55 Å². The quantitative estimate of drug-likeness (QED) is 0.813. The second kappa shape index (κ2) is 4.83. The van der Waals surface area contributed by atoms with E-state index in [0.29, 0.717) is 18.4 Å². The molecule has 1 aromatic rings. The number of nitrogens with zero attached hydrogens (tertiary/aromatic N) is 2. The van der Waals surface area contributed by atoms with Crippen LogP contribution >= 0.6 is 0 Å². The minimum Gasteiger partial charge on any atom is -0.384 e. The monoisotopic (exact) mass is 231 g/mol. The van der Waals surface area contributed by atoms with Crippen LogP contribution in [0.2, 0.25) is 0 Å². The summed E-state index contributed by atoms with van der Waals surface area (Å²) in [5.41, 5.74) is 7.30. The minimum atomic E-state index is 0.362. The molecule has 3 heteroatoms. The van der Waals surface area contributed by atoms with Crippen LogP contribution in [0.1, 0.15) is 62.9 Å². The van der Waals surface area contributed by atoms with E-state index < -0.39 is 0 Å². The molecule has 3 nitrogen and oxygen atoms in total. The normalized spacial score (nSPS) is 16.6. The van der Waals surface area contributed by atoms with Crippen LogP contribution < -0.4 is 5.73 Å². The van der Waals surface area contributed by atoms with Crippen molar-refractivity contribution in [2.75, 3.05) is 5.73 Å². The predicted molar refractivity (Wildman–Crippen MR) is 70.8 cm³/mol. The molecule has 0 radical (unpaired) electrons. The standard InChI is InChI=1S/C14H21N3/c1-4-9-17-13(15)12(11-7-5-6-8-11)16-14(17)10(2)3/h1,10-11H,5-9,15H2,2-3H3. The summed E-state index contributed by atoms with van der Waals surface area (Å²) < 4.78 is 2.00. The van der Waals surface area contributed by atoms with Gasteiger partial charge in [-0.3, -0.25) is 0 Å². The number of nitrogen functional groups attached to an aromatic ring is 1. The second-order valence-corrected chi connectivity index (χ2v) is 5.17. The van der Waals surface area contributed by atoms with E-state index in [0.717, 1.165) is 17.3 Å². The lowest BCUT2D eigenvalue weighted by Gasteiger charge is -2.09. The van der Waals surface area contributed by atoms with E-state index in [1.165, 1.54) is 25.7 Å². The maximum Gasteiger partial charge on any atom is 0.127 e. The molecule has 0 aliphatic heterocycles. The van der Waals surface area contributed by atoms with Gasteiger partial charge in [-0.15, -0.1) is 6.42 Å². The van der Waals surface area contributed by atoms with Crippen LogP contribution in [0.4, 0.5) is 5.82 Å². The molecule has 1 aromatic heterocycles. The van der Waals surface area contributed by atoms with Crippen LogP contribution in [0.3, 0.4) is 0 Å². The summed E-state index contributed by atoms with van der Waals surface area (Å²) in [5.74, 6) is 5.40. The van der Waals surface area contributed by atoms with Gasteiger partial charge in [-0.25, -0.2) is 4.98 Å². The van der Waals surface area contributed by atoms with E-state index in [-0.39, 0.29) is 0 Å².